The van der Waals surface area contributed by atoms with Crippen LogP contribution in [-0.4, -0.2) is 102 Å². The largest absolute Gasteiger partial charge is 0.504 e. The van der Waals surface area contributed by atoms with Crippen LogP contribution in [0.4, 0.5) is 0 Å². The highest BCUT2D eigenvalue weighted by Gasteiger charge is 2.41. The van der Waals surface area contributed by atoms with E-state index < -0.39 is 17.9 Å². The molecular weight excluding hydrogens is 1070 g/mol. The van der Waals surface area contributed by atoms with Crippen molar-refractivity contribution in [1.29, 1.82) is 0 Å². The number of Topliss-reactive ketones (excluding diaryl/α,β-unsaturated/α-hetero) is 1. The number of fused-ring (bicyclic) bond motifs is 9. The normalized spacial score (nSPS) is 16.5. The van der Waals surface area contributed by atoms with E-state index in [4.69, 9.17) is 33.5 Å². The van der Waals surface area contributed by atoms with Gasteiger partial charge in [0.05, 0.1) is 58.6 Å². The van der Waals surface area contributed by atoms with E-state index in [1.54, 1.807) is 78.7 Å². The maximum absolute atomic E-state index is 12.6. The van der Waals surface area contributed by atoms with E-state index in [9.17, 15) is 33.9 Å². The molecule has 0 amide bonds. The lowest BCUT2D eigenvalue weighted by atomic mass is 9.79. The maximum Gasteiger partial charge on any atom is 0.343 e. The molecule has 0 spiro atoms. The minimum Gasteiger partial charge on any atom is -0.504 e. The summed E-state index contributed by atoms with van der Waals surface area (Å²) in [5.41, 5.74) is 9.65. The van der Waals surface area contributed by atoms with Gasteiger partial charge in [-0.2, -0.15) is 0 Å². The summed E-state index contributed by atoms with van der Waals surface area (Å²) in [5, 5.41) is 17.7. The molecule has 4 aliphatic rings. The number of aliphatic hydroxyl groups is 1. The van der Waals surface area contributed by atoms with Crippen LogP contribution in [0.15, 0.2) is 82.3 Å². The van der Waals surface area contributed by atoms with E-state index in [0.29, 0.717) is 29.7 Å². The minimum atomic E-state index is -0.607. The second kappa shape index (κ2) is 30.8. The van der Waals surface area contributed by atoms with Gasteiger partial charge in [0.25, 0.3) is 0 Å². The van der Waals surface area contributed by atoms with E-state index in [2.05, 4.69) is 69.2 Å². The molecule has 3 aromatic carbocycles. The molecule has 6 heterocycles. The number of hydrogen-bond donors (Lipinski definition) is 2. The zero-order valence-electron chi connectivity index (χ0n) is 49.7. The lowest BCUT2D eigenvalue weighted by Crippen LogP contribution is -2.47. The van der Waals surface area contributed by atoms with E-state index in [0.717, 1.165) is 63.4 Å². The molecule has 0 saturated carbocycles. The third-order valence-electron chi connectivity index (χ3n) is 15.2. The quantitative estimate of drug-likeness (QED) is 0.0676. The predicted octanol–water partition coefficient (Wildman–Crippen LogP) is 12.2. The number of rotatable bonds is 12. The number of hydrogen-bond acceptors (Lipinski definition) is 15. The fraction of sp³-hybridized carbons (Fsp3) is 0.493. The number of ketones is 1. The molecule has 84 heavy (non-hydrogen) atoms. The number of carbonyl (C=O) groups is 4. The van der Waals surface area contributed by atoms with Crippen molar-refractivity contribution in [2.24, 2.45) is 17.8 Å². The van der Waals surface area contributed by atoms with Crippen LogP contribution in [0, 0.1) is 31.6 Å². The second-order valence-electron chi connectivity index (χ2n) is 21.5. The zero-order chi connectivity index (χ0) is 59.7. The Hall–Kier alpha value is -7.66. The summed E-state index contributed by atoms with van der Waals surface area (Å²) in [5.74, 6) is 1.20. The topological polar surface area (TPSA) is 211 Å². The van der Waals surface area contributed by atoms with Crippen LogP contribution >= 0.6 is 0 Å². The number of nitrogens with zero attached hydrogens (tertiary/aromatic N) is 3. The first-order chi connectivity index (χ1) is 38.5. The van der Waals surface area contributed by atoms with Crippen molar-refractivity contribution in [1.82, 2.24) is 14.0 Å². The van der Waals surface area contributed by atoms with Crippen molar-refractivity contribution in [2.75, 3.05) is 47.8 Å². The molecular formula is C67H93N3O14. The first kappa shape index (κ1) is 70.6. The highest BCUT2D eigenvalue weighted by atomic mass is 16.5. The minimum absolute atomic E-state index is 0. The average molecular weight is 1160 g/mol. The fourth-order valence-electron chi connectivity index (χ4n) is 11.2. The van der Waals surface area contributed by atoms with Crippen molar-refractivity contribution < 1.29 is 57.8 Å². The first-order valence-electron chi connectivity index (χ1n) is 27.9. The summed E-state index contributed by atoms with van der Waals surface area (Å²) < 4.78 is 35.3. The Kier molecular flexibility index (Phi) is 25.9. The van der Waals surface area contributed by atoms with Crippen molar-refractivity contribution in [2.45, 2.75) is 155 Å². The first-order valence-corrected chi connectivity index (χ1v) is 27.9. The van der Waals surface area contributed by atoms with Gasteiger partial charge < -0.3 is 52.7 Å². The number of aromatic nitrogens is 2. The summed E-state index contributed by atoms with van der Waals surface area (Å²) in [6.45, 7) is 24.7. The highest BCUT2D eigenvalue weighted by molar-refractivity contribution is 6.17. The average Bonchev–Trinajstić information content (AvgIpc) is 0.976. The smallest absolute Gasteiger partial charge is 0.343 e. The molecule has 17 nitrogen and oxygen atoms in total. The molecule has 0 saturated heterocycles. The Morgan fingerprint density at radius 2 is 0.940 bits per heavy atom. The van der Waals surface area contributed by atoms with E-state index >= 15 is 0 Å². The standard InChI is InChI=1S/C21H27NO4.C21H25NO4.C20H23NO5.C2H6O.3CH4/c2*1-6-26-21(24)16-11-22-17(12(2)3)8-14-7-13(4)20(25-5)9-15(14)18(22)10-19(16)23;1-5-26-20(24)14-10-21-15(11(2)3)6-12-7-18(23)19(25-4)8-13(12)16(21)9-17(14)22;1-2-3;;;/h7,9,11-12,17-18H,6,8,10H2,1-5H3;7,9-12,17H,6,8H2,1-5H3;7-11,15,23H,5-6H2,1-4H3;3H,2H2,1H3;3*1H4/t17-,18?;17-;15-;;;;/m000..../s1. The molecule has 0 aliphatic carbocycles. The van der Waals surface area contributed by atoms with Gasteiger partial charge in [-0.3, -0.25) is 14.4 Å². The molecule has 9 rings (SSSR count). The lowest BCUT2D eigenvalue weighted by Gasteiger charge is -2.46. The summed E-state index contributed by atoms with van der Waals surface area (Å²) in [6, 6.07) is 15.2. The molecule has 2 N–H and O–H groups in total. The van der Waals surface area contributed by atoms with Gasteiger partial charge in [-0.15, -0.1) is 0 Å². The van der Waals surface area contributed by atoms with Gasteiger partial charge in [0.15, 0.2) is 28.1 Å². The van der Waals surface area contributed by atoms with Gasteiger partial charge in [-0.1, -0.05) is 76.0 Å². The number of aliphatic hydroxyl groups excluding tert-OH is 1. The van der Waals surface area contributed by atoms with Crippen molar-refractivity contribution >= 4 is 23.7 Å². The Bertz CT molecular complexity index is 3140. The monoisotopic (exact) mass is 1160 g/mol. The van der Waals surface area contributed by atoms with Crippen LogP contribution in [0.3, 0.4) is 0 Å². The molecule has 4 atom stereocenters. The van der Waals surface area contributed by atoms with Crippen molar-refractivity contribution in [3.8, 4) is 45.5 Å². The zero-order valence-corrected chi connectivity index (χ0v) is 49.7. The molecule has 460 valence electrons. The Balaban J connectivity index is 0.000000317. The number of carbonyl (C=O) groups excluding carboxylic acids is 4. The maximum atomic E-state index is 12.6. The van der Waals surface area contributed by atoms with Crippen LogP contribution in [0.1, 0.15) is 170 Å². The van der Waals surface area contributed by atoms with Crippen molar-refractivity contribution in [3.05, 3.63) is 138 Å². The molecule has 0 bridgehead atoms. The second-order valence-corrected chi connectivity index (χ2v) is 21.5. The summed E-state index contributed by atoms with van der Waals surface area (Å²) in [4.78, 5) is 76.4. The number of phenolic OH excluding ortho intramolecular Hbond substituents is 1. The van der Waals surface area contributed by atoms with E-state index in [1.807, 2.05) is 24.5 Å². The third-order valence-corrected chi connectivity index (χ3v) is 15.2. The van der Waals surface area contributed by atoms with Gasteiger partial charge in [-0.25, -0.2) is 14.4 Å². The van der Waals surface area contributed by atoms with Gasteiger partial charge in [0, 0.05) is 73.0 Å². The van der Waals surface area contributed by atoms with E-state index in [-0.39, 0.29) is 124 Å². The number of esters is 3. The Labute approximate surface area is 497 Å². The molecule has 17 heteroatoms. The number of aromatic hydroxyl groups is 1. The molecule has 4 aliphatic heterocycles. The SMILES string of the molecule is C.C.C.CCO.CCOC(=O)C1=CN2C(CC1=O)c1cc(OC)c(C)cc1C[C@H]2C(C)C.CCOC(=O)c1cn2c(cc1=O)-c1cc(OC)c(C)cc1C[C@H]2C(C)C.CCOC(=O)c1cn2c(cc1=O)-c1cc(OC)c(O)cc1C[C@H]2C(C)C. The van der Waals surface area contributed by atoms with Crippen LogP contribution < -0.4 is 25.1 Å². The number of phenols is 1. The molecule has 2 aromatic heterocycles. The molecule has 1 unspecified atom stereocenters. The summed E-state index contributed by atoms with van der Waals surface area (Å²) in [6.07, 6.45) is 7.69. The number of aryl methyl sites for hydroxylation is 2. The number of methoxy groups -OCH3 is 3. The van der Waals surface area contributed by atoms with Crippen LogP contribution in [-0.2, 0) is 43.1 Å². The van der Waals surface area contributed by atoms with E-state index in [1.165, 1.54) is 24.3 Å². The molecule has 0 radical (unpaired) electrons. The number of pyridine rings is 2. The van der Waals surface area contributed by atoms with Gasteiger partial charge in [-0.05, 0) is 136 Å². The van der Waals surface area contributed by atoms with Crippen LogP contribution in [0.25, 0.3) is 22.5 Å². The highest BCUT2D eigenvalue weighted by Crippen LogP contribution is 2.45. The van der Waals surface area contributed by atoms with Gasteiger partial charge >= 0.3 is 17.9 Å². The van der Waals surface area contributed by atoms with Gasteiger partial charge in [0.2, 0.25) is 0 Å². The Morgan fingerprint density at radius 3 is 1.37 bits per heavy atom. The molecule has 5 aromatic rings. The summed E-state index contributed by atoms with van der Waals surface area (Å²) in [7, 11) is 4.79. The lowest BCUT2D eigenvalue weighted by molar-refractivity contribution is -0.140. The number of benzene rings is 3. The number of ether oxygens (including phenoxy) is 6. The van der Waals surface area contributed by atoms with Crippen LogP contribution in [0.2, 0.25) is 0 Å². The van der Waals surface area contributed by atoms with Gasteiger partial charge in [0.1, 0.15) is 28.2 Å². The van der Waals surface area contributed by atoms with Crippen molar-refractivity contribution in [3.63, 3.8) is 0 Å². The van der Waals surface area contributed by atoms with Crippen LogP contribution in [0.5, 0.6) is 23.0 Å². The molecule has 0 fully saturated rings. The summed E-state index contributed by atoms with van der Waals surface area (Å²) >= 11 is 0. The third kappa shape index (κ3) is 15.0. The fourth-order valence-corrected chi connectivity index (χ4v) is 11.2. The Morgan fingerprint density at radius 1 is 0.548 bits per heavy atom. The predicted molar refractivity (Wildman–Crippen MR) is 331 cm³/mol.